The molecule has 0 aliphatic heterocycles. The Labute approximate surface area is 302 Å². The average Bonchev–Trinajstić information content (AvgIpc) is 3.78. The van der Waals surface area contributed by atoms with Crippen molar-refractivity contribution in [2.24, 2.45) is 0 Å². The summed E-state index contributed by atoms with van der Waals surface area (Å²) in [7, 11) is 3.99. The molecule has 256 valence electrons. The molecule has 3 aromatic heterocycles. The molecule has 0 radical (unpaired) electrons. The van der Waals surface area contributed by atoms with Crippen LogP contribution in [0.2, 0.25) is 0 Å². The second-order valence-electron chi connectivity index (χ2n) is 13.4. The predicted octanol–water partition coefficient (Wildman–Crippen LogP) is 8.04. The number of nitrogens with zero attached hydrogens (tertiary/aromatic N) is 5. The number of rotatable bonds is 11. The molecule has 8 aromatic rings. The minimum absolute atomic E-state index is 0.149. The van der Waals surface area contributed by atoms with Gasteiger partial charge in [0.25, 0.3) is 5.91 Å². The van der Waals surface area contributed by atoms with E-state index < -0.39 is 5.41 Å². The van der Waals surface area contributed by atoms with Crippen molar-refractivity contribution in [1.82, 2.24) is 34.9 Å². The first-order valence-electron chi connectivity index (χ1n) is 17.5. The van der Waals surface area contributed by atoms with Crippen molar-refractivity contribution in [3.05, 3.63) is 186 Å². The third-order valence-corrected chi connectivity index (χ3v) is 9.77. The Kier molecular flexibility index (Phi) is 8.89. The quantitative estimate of drug-likeness (QED) is 0.135. The number of H-pyrrole nitrogens is 1. The molecule has 0 unspecified atom stereocenters. The second-order valence-corrected chi connectivity index (χ2v) is 13.4. The van der Waals surface area contributed by atoms with Crippen LogP contribution in [0, 0.1) is 0 Å². The van der Waals surface area contributed by atoms with E-state index in [1.165, 1.54) is 16.7 Å². The molecule has 5 aromatic carbocycles. The summed E-state index contributed by atoms with van der Waals surface area (Å²) in [5.41, 5.74) is 8.18. The summed E-state index contributed by atoms with van der Waals surface area (Å²) in [5, 5.41) is 7.95. The van der Waals surface area contributed by atoms with Gasteiger partial charge in [0.15, 0.2) is 0 Å². The minimum atomic E-state index is -0.557. The van der Waals surface area contributed by atoms with Crippen LogP contribution in [0.5, 0.6) is 0 Å². The molecule has 8 nitrogen and oxygen atoms in total. The highest BCUT2D eigenvalue weighted by Crippen LogP contribution is 2.42. The summed E-state index contributed by atoms with van der Waals surface area (Å²) in [6.07, 6.45) is 3.60. The van der Waals surface area contributed by atoms with Crippen molar-refractivity contribution >= 4 is 27.8 Å². The molecule has 0 fully saturated rings. The van der Waals surface area contributed by atoms with Gasteiger partial charge in [-0.2, -0.15) is 0 Å². The molecule has 0 bridgehead atoms. The summed E-state index contributed by atoms with van der Waals surface area (Å²) >= 11 is 0. The molecule has 0 saturated heterocycles. The molecule has 0 spiro atoms. The van der Waals surface area contributed by atoms with E-state index in [0.29, 0.717) is 24.1 Å². The predicted molar refractivity (Wildman–Crippen MR) is 207 cm³/mol. The molecule has 52 heavy (non-hydrogen) atoms. The monoisotopic (exact) mass is 681 g/mol. The van der Waals surface area contributed by atoms with Gasteiger partial charge in [-0.15, -0.1) is 0 Å². The van der Waals surface area contributed by atoms with Crippen molar-refractivity contribution in [2.45, 2.75) is 18.0 Å². The van der Waals surface area contributed by atoms with Gasteiger partial charge in [-0.25, -0.2) is 9.97 Å². The number of hydrogen-bond acceptors (Lipinski definition) is 5. The third kappa shape index (κ3) is 6.25. The van der Waals surface area contributed by atoms with Crippen LogP contribution in [0.4, 0.5) is 0 Å². The van der Waals surface area contributed by atoms with Crippen LogP contribution in [0.25, 0.3) is 33.2 Å². The van der Waals surface area contributed by atoms with Crippen molar-refractivity contribution in [2.75, 3.05) is 20.6 Å². The van der Waals surface area contributed by atoms with E-state index >= 15 is 0 Å². The molecular formula is C44H39N7O. The Hall–Kier alpha value is -6.38. The molecular weight excluding hydrogens is 643 g/mol. The maximum Gasteiger partial charge on any atom is 0.289 e. The zero-order chi connectivity index (χ0) is 35.5. The SMILES string of the molecule is CN(C)C[C@@H](NC(=O)c1nc2cc3c(-c4ccncc4)[nH]n(CC(c4ccccc4)(c4ccccc4)c4ccccc4)c3cc2n1)c1ccccc1. The first kappa shape index (κ1) is 32.8. The van der Waals surface area contributed by atoms with Crippen LogP contribution in [0.15, 0.2) is 158 Å². The second kappa shape index (κ2) is 14.1. The zero-order valence-electron chi connectivity index (χ0n) is 29.1. The number of hydrogen-bond donors (Lipinski definition) is 2. The number of carbonyl (C=O) groups excluding carboxylic acids is 1. The number of amides is 1. The van der Waals surface area contributed by atoms with Crippen molar-refractivity contribution < 1.29 is 4.79 Å². The molecule has 8 heteroatoms. The van der Waals surface area contributed by atoms with Gasteiger partial charge in [0, 0.05) is 29.9 Å². The molecule has 8 rings (SSSR count). The number of aromatic nitrogens is 5. The van der Waals surface area contributed by atoms with Crippen LogP contribution in [0.3, 0.4) is 0 Å². The Morgan fingerprint density at radius 2 is 1.25 bits per heavy atom. The van der Waals surface area contributed by atoms with Gasteiger partial charge in [0.05, 0.1) is 40.2 Å². The Morgan fingerprint density at radius 1 is 0.731 bits per heavy atom. The number of nitrogens with one attached hydrogen (secondary N) is 2. The maximum atomic E-state index is 13.8. The van der Waals surface area contributed by atoms with Crippen molar-refractivity contribution in [3.8, 4) is 11.3 Å². The van der Waals surface area contributed by atoms with E-state index in [9.17, 15) is 4.79 Å². The summed E-state index contributed by atoms with van der Waals surface area (Å²) in [6, 6.07) is 49.9. The summed E-state index contributed by atoms with van der Waals surface area (Å²) in [4.78, 5) is 29.7. The first-order chi connectivity index (χ1) is 25.5. The summed E-state index contributed by atoms with van der Waals surface area (Å²) in [6.45, 7) is 1.20. The highest BCUT2D eigenvalue weighted by atomic mass is 16.2. The smallest absolute Gasteiger partial charge is 0.289 e. The lowest BCUT2D eigenvalue weighted by Crippen LogP contribution is -2.35. The molecule has 1 amide bonds. The van der Waals surface area contributed by atoms with Crippen molar-refractivity contribution in [3.63, 3.8) is 0 Å². The zero-order valence-corrected chi connectivity index (χ0v) is 29.1. The van der Waals surface area contributed by atoms with Gasteiger partial charge in [-0.05, 0) is 60.6 Å². The largest absolute Gasteiger partial charge is 0.341 e. The lowest BCUT2D eigenvalue weighted by atomic mass is 9.69. The molecule has 0 saturated carbocycles. The topological polar surface area (TPSA) is 91.7 Å². The average molecular weight is 682 g/mol. The van der Waals surface area contributed by atoms with E-state index in [1.54, 1.807) is 12.4 Å². The van der Waals surface area contributed by atoms with E-state index in [4.69, 9.17) is 9.97 Å². The summed E-state index contributed by atoms with van der Waals surface area (Å²) < 4.78 is 2.22. The molecule has 0 aliphatic rings. The molecule has 3 heterocycles. The van der Waals surface area contributed by atoms with Crippen LogP contribution < -0.4 is 5.32 Å². The number of fused-ring (bicyclic) bond motifs is 2. The van der Waals surface area contributed by atoms with Gasteiger partial charge >= 0.3 is 0 Å². The fourth-order valence-corrected chi connectivity index (χ4v) is 7.33. The normalized spacial score (nSPS) is 12.4. The standard InChI is InChI=1S/C44H39N7O/c1-50(2)29-39(31-15-7-3-8-16-31)48-43(52)42-46-37-27-36-40(28-38(37)47-42)51(49-41(36)32-23-25-45-26-24-32)30-44(33-17-9-4-10-18-33,34-19-11-5-12-20-34)35-21-13-6-14-22-35/h3-28,39,49H,29-30H2,1-2H3,(H,48,52)/t39-/m1/s1. The Morgan fingerprint density at radius 3 is 1.79 bits per heavy atom. The van der Waals surface area contributed by atoms with Gasteiger partial charge in [-0.3, -0.25) is 19.6 Å². The molecule has 2 N–H and O–H groups in total. The third-order valence-electron chi connectivity index (χ3n) is 9.77. The molecule has 1 atom stereocenters. The van der Waals surface area contributed by atoms with Gasteiger partial charge in [0.2, 0.25) is 5.82 Å². The highest BCUT2D eigenvalue weighted by Gasteiger charge is 2.37. The fourth-order valence-electron chi connectivity index (χ4n) is 7.33. The summed E-state index contributed by atoms with van der Waals surface area (Å²) in [5.74, 6) is -0.160. The lowest BCUT2D eigenvalue weighted by Gasteiger charge is -2.36. The first-order valence-corrected chi connectivity index (χ1v) is 17.5. The van der Waals surface area contributed by atoms with Gasteiger partial charge < -0.3 is 10.2 Å². The molecule has 0 aliphatic carbocycles. The number of aromatic amines is 1. The van der Waals surface area contributed by atoms with Gasteiger partial charge in [-0.1, -0.05) is 121 Å². The van der Waals surface area contributed by atoms with Crippen molar-refractivity contribution in [1.29, 1.82) is 0 Å². The maximum absolute atomic E-state index is 13.8. The number of likely N-dealkylation sites (N-methyl/N-ethyl adjacent to an activating group) is 1. The number of pyridine rings is 1. The number of carbonyl (C=O) groups is 1. The van der Waals surface area contributed by atoms with E-state index in [0.717, 1.165) is 27.7 Å². The number of imidazole rings is 1. The van der Waals surface area contributed by atoms with Crippen LogP contribution in [-0.4, -0.2) is 56.2 Å². The minimum Gasteiger partial charge on any atom is -0.341 e. The number of benzene rings is 5. The van der Waals surface area contributed by atoms with Crippen LogP contribution in [-0.2, 0) is 12.0 Å². The highest BCUT2D eigenvalue weighted by molar-refractivity contribution is 6.03. The Bertz CT molecular complexity index is 2330. The lowest BCUT2D eigenvalue weighted by molar-refractivity contribution is 0.0920. The van der Waals surface area contributed by atoms with Crippen LogP contribution in [0.1, 0.15) is 38.9 Å². The van der Waals surface area contributed by atoms with E-state index in [1.807, 2.05) is 62.6 Å². The van der Waals surface area contributed by atoms with E-state index in [2.05, 4.69) is 122 Å². The van der Waals surface area contributed by atoms with Crippen LogP contribution >= 0.6 is 0 Å². The van der Waals surface area contributed by atoms with E-state index in [-0.39, 0.29) is 17.8 Å². The Balaban J connectivity index is 1.28. The fraction of sp³-hybridized carbons (Fsp3) is 0.136. The van der Waals surface area contributed by atoms with Gasteiger partial charge in [0.1, 0.15) is 0 Å².